The quantitative estimate of drug-likeness (QED) is 0.524. The first kappa shape index (κ1) is 19.5. The molecule has 1 atom stereocenters. The molecule has 0 saturated heterocycles. The van der Waals surface area contributed by atoms with Crippen LogP contribution in [0.3, 0.4) is 0 Å². The fourth-order valence-electron chi connectivity index (χ4n) is 2.80. The van der Waals surface area contributed by atoms with Gasteiger partial charge < -0.3 is 10.6 Å². The van der Waals surface area contributed by atoms with Crippen molar-refractivity contribution in [2.45, 2.75) is 33.1 Å². The highest BCUT2D eigenvalue weighted by Crippen LogP contribution is 2.29. The van der Waals surface area contributed by atoms with Crippen LogP contribution in [0.2, 0.25) is 0 Å². The number of rotatable bonds is 6. The summed E-state index contributed by atoms with van der Waals surface area (Å²) in [6, 6.07) is 18.6. The minimum absolute atomic E-state index is 0.196. The molecule has 4 nitrogen and oxygen atoms in total. The second kappa shape index (κ2) is 9.06. The highest BCUT2D eigenvalue weighted by molar-refractivity contribution is 7.80. The van der Waals surface area contributed by atoms with E-state index in [1.165, 1.54) is 22.5 Å². The zero-order valence-corrected chi connectivity index (χ0v) is 17.4. The Morgan fingerprint density at radius 2 is 1.67 bits per heavy atom. The summed E-state index contributed by atoms with van der Waals surface area (Å²) in [6.07, 6.45) is 1.10. The Labute approximate surface area is 170 Å². The van der Waals surface area contributed by atoms with E-state index in [2.05, 4.69) is 65.9 Å². The number of benzene rings is 2. The van der Waals surface area contributed by atoms with Crippen molar-refractivity contribution in [3.8, 4) is 0 Å². The molecule has 2 aromatic carbocycles. The second-order valence-corrected chi connectivity index (χ2v) is 8.37. The molecular formula is C21H24N4S2. The summed E-state index contributed by atoms with van der Waals surface area (Å²) in [7, 11) is 0. The predicted molar refractivity (Wildman–Crippen MR) is 119 cm³/mol. The highest BCUT2D eigenvalue weighted by atomic mass is 32.1. The lowest BCUT2D eigenvalue weighted by Gasteiger charge is -2.10. The van der Waals surface area contributed by atoms with E-state index < -0.39 is 0 Å². The molecule has 0 aliphatic carbocycles. The maximum absolute atomic E-state index is 5.35. The number of hydrogen-bond acceptors (Lipinski definition) is 4. The third-order valence-corrected chi connectivity index (χ3v) is 5.41. The molecule has 0 fully saturated rings. The standard InChI is InChI=1S/C21H24N4S2/c1-14(2)13-16-9-11-17(12-10-16)15(3)19-24-25-21(27-19)23-20(26)22-18-7-5-4-6-8-18/h4-12,14-15H,13H2,1-3H3,(H2,22,23,25,26). The van der Waals surface area contributed by atoms with Crippen LogP contribution in [0.15, 0.2) is 54.6 Å². The van der Waals surface area contributed by atoms with Crippen LogP contribution in [0, 0.1) is 5.92 Å². The Bertz CT molecular complexity index is 873. The topological polar surface area (TPSA) is 49.8 Å². The lowest BCUT2D eigenvalue weighted by atomic mass is 9.97. The van der Waals surface area contributed by atoms with Crippen molar-refractivity contribution in [1.82, 2.24) is 10.2 Å². The molecule has 0 radical (unpaired) electrons. The van der Waals surface area contributed by atoms with E-state index in [0.29, 0.717) is 16.2 Å². The van der Waals surface area contributed by atoms with Crippen LogP contribution in [0.25, 0.3) is 0 Å². The Hall–Kier alpha value is -2.31. The summed E-state index contributed by atoms with van der Waals surface area (Å²) >= 11 is 6.88. The van der Waals surface area contributed by atoms with Gasteiger partial charge >= 0.3 is 0 Å². The normalized spacial score (nSPS) is 12.0. The number of para-hydroxylation sites is 1. The summed E-state index contributed by atoms with van der Waals surface area (Å²) < 4.78 is 0. The Morgan fingerprint density at radius 1 is 0.963 bits per heavy atom. The molecule has 0 aliphatic heterocycles. The molecular weight excluding hydrogens is 372 g/mol. The zero-order valence-electron chi connectivity index (χ0n) is 15.8. The van der Waals surface area contributed by atoms with Gasteiger partial charge in [0.25, 0.3) is 0 Å². The molecule has 0 spiro atoms. The van der Waals surface area contributed by atoms with Crippen LogP contribution >= 0.6 is 23.6 Å². The summed E-state index contributed by atoms with van der Waals surface area (Å²) in [4.78, 5) is 0. The van der Waals surface area contributed by atoms with Gasteiger partial charge in [-0.3, -0.25) is 0 Å². The smallest absolute Gasteiger partial charge is 0.211 e. The highest BCUT2D eigenvalue weighted by Gasteiger charge is 2.15. The van der Waals surface area contributed by atoms with Crippen LogP contribution in [0.1, 0.15) is 42.8 Å². The lowest BCUT2D eigenvalue weighted by molar-refractivity contribution is 0.647. The van der Waals surface area contributed by atoms with Gasteiger partial charge in [-0.05, 0) is 47.8 Å². The van der Waals surface area contributed by atoms with Gasteiger partial charge in [0.1, 0.15) is 5.01 Å². The van der Waals surface area contributed by atoms with E-state index in [4.69, 9.17) is 12.2 Å². The Balaban J connectivity index is 1.61. The summed E-state index contributed by atoms with van der Waals surface area (Å²) in [5.41, 5.74) is 3.56. The van der Waals surface area contributed by atoms with Crippen LogP contribution in [0.5, 0.6) is 0 Å². The van der Waals surface area contributed by atoms with Crippen LogP contribution in [-0.2, 0) is 6.42 Å². The van der Waals surface area contributed by atoms with Crippen molar-refractivity contribution in [3.05, 3.63) is 70.7 Å². The first-order chi connectivity index (χ1) is 13.0. The molecule has 1 heterocycles. The monoisotopic (exact) mass is 396 g/mol. The van der Waals surface area contributed by atoms with Crippen molar-refractivity contribution in [2.24, 2.45) is 5.92 Å². The molecule has 27 heavy (non-hydrogen) atoms. The van der Waals surface area contributed by atoms with E-state index >= 15 is 0 Å². The third kappa shape index (κ3) is 5.58. The van der Waals surface area contributed by atoms with Gasteiger partial charge in [0.05, 0.1) is 0 Å². The van der Waals surface area contributed by atoms with Crippen molar-refractivity contribution in [2.75, 3.05) is 10.6 Å². The summed E-state index contributed by atoms with van der Waals surface area (Å²) in [5.74, 6) is 0.861. The van der Waals surface area contributed by atoms with E-state index in [0.717, 1.165) is 17.1 Å². The van der Waals surface area contributed by atoms with Gasteiger partial charge in [-0.1, -0.05) is 74.6 Å². The summed E-state index contributed by atoms with van der Waals surface area (Å²) in [5, 5.41) is 17.0. The minimum atomic E-state index is 0.196. The molecule has 1 unspecified atom stereocenters. The molecule has 1 aromatic heterocycles. The van der Waals surface area contributed by atoms with Crippen molar-refractivity contribution in [3.63, 3.8) is 0 Å². The first-order valence-electron chi connectivity index (χ1n) is 9.06. The number of nitrogens with zero attached hydrogens (tertiary/aromatic N) is 2. The van der Waals surface area contributed by atoms with Crippen LogP contribution in [-0.4, -0.2) is 15.3 Å². The lowest BCUT2D eigenvalue weighted by Crippen LogP contribution is -2.18. The fraction of sp³-hybridized carbons (Fsp3) is 0.286. The van der Waals surface area contributed by atoms with Gasteiger partial charge in [-0.25, -0.2) is 0 Å². The molecule has 3 aromatic rings. The average Bonchev–Trinajstić information content (AvgIpc) is 3.10. The molecule has 3 rings (SSSR count). The molecule has 0 amide bonds. The maximum Gasteiger partial charge on any atom is 0.211 e. The Morgan fingerprint density at radius 3 is 2.33 bits per heavy atom. The van der Waals surface area contributed by atoms with E-state index in [9.17, 15) is 0 Å². The average molecular weight is 397 g/mol. The molecule has 6 heteroatoms. The zero-order chi connectivity index (χ0) is 19.2. The molecule has 0 bridgehead atoms. The summed E-state index contributed by atoms with van der Waals surface area (Å²) in [6.45, 7) is 6.63. The van der Waals surface area contributed by atoms with Gasteiger partial charge in [-0.2, -0.15) is 0 Å². The van der Waals surface area contributed by atoms with Crippen LogP contribution < -0.4 is 10.6 Å². The van der Waals surface area contributed by atoms with Gasteiger partial charge in [0.2, 0.25) is 5.13 Å². The number of aromatic nitrogens is 2. The van der Waals surface area contributed by atoms with Crippen molar-refractivity contribution < 1.29 is 0 Å². The third-order valence-electron chi connectivity index (χ3n) is 4.19. The molecule has 2 N–H and O–H groups in total. The van der Waals surface area contributed by atoms with E-state index in [1.807, 2.05) is 30.3 Å². The number of nitrogens with one attached hydrogen (secondary N) is 2. The predicted octanol–water partition coefficient (Wildman–Crippen LogP) is 5.70. The van der Waals surface area contributed by atoms with Crippen LogP contribution in [0.4, 0.5) is 10.8 Å². The SMILES string of the molecule is CC(C)Cc1ccc(C(C)c2nnc(NC(=S)Nc3ccccc3)s2)cc1. The number of thiocarbonyl (C=S) groups is 1. The molecule has 0 aliphatic rings. The van der Waals surface area contributed by atoms with E-state index in [1.54, 1.807) is 0 Å². The fourth-order valence-corrected chi connectivity index (χ4v) is 3.90. The minimum Gasteiger partial charge on any atom is -0.332 e. The van der Waals surface area contributed by atoms with Gasteiger partial charge in [-0.15, -0.1) is 10.2 Å². The van der Waals surface area contributed by atoms with Crippen molar-refractivity contribution in [1.29, 1.82) is 0 Å². The number of anilines is 2. The van der Waals surface area contributed by atoms with Gasteiger partial charge in [0, 0.05) is 11.6 Å². The molecule has 0 saturated carbocycles. The number of hydrogen-bond donors (Lipinski definition) is 2. The van der Waals surface area contributed by atoms with E-state index in [-0.39, 0.29) is 5.92 Å². The second-order valence-electron chi connectivity index (χ2n) is 6.95. The first-order valence-corrected chi connectivity index (χ1v) is 10.3. The maximum atomic E-state index is 5.35. The Kier molecular flexibility index (Phi) is 6.53. The molecule has 140 valence electrons. The van der Waals surface area contributed by atoms with Crippen molar-refractivity contribution >= 4 is 39.5 Å². The van der Waals surface area contributed by atoms with Gasteiger partial charge in [0.15, 0.2) is 5.11 Å². The largest absolute Gasteiger partial charge is 0.332 e.